The normalized spacial score (nSPS) is 10.4. The molecule has 0 bridgehead atoms. The zero-order chi connectivity index (χ0) is 11.4. The highest BCUT2D eigenvalue weighted by molar-refractivity contribution is 14.1. The number of halogens is 3. The Hall–Kier alpha value is -0.810. The van der Waals surface area contributed by atoms with E-state index in [0.29, 0.717) is 14.8 Å². The molecule has 0 aliphatic heterocycles. The Bertz CT molecular complexity index is 401. The Morgan fingerprint density at radius 3 is 2.73 bits per heavy atom. The van der Waals surface area contributed by atoms with E-state index in [1.54, 1.807) is 28.7 Å². The highest BCUT2D eigenvalue weighted by Gasteiger charge is 2.17. The van der Waals surface area contributed by atoms with Crippen molar-refractivity contribution in [2.24, 2.45) is 5.73 Å². The Morgan fingerprint density at radius 1 is 1.60 bits per heavy atom. The molecule has 0 radical (unpaired) electrons. The van der Waals surface area contributed by atoms with Crippen LogP contribution in [0.3, 0.4) is 0 Å². The number of rotatable bonds is 3. The number of nitriles is 1. The van der Waals surface area contributed by atoms with Gasteiger partial charge in [0.1, 0.15) is 5.69 Å². The fourth-order valence-electron chi connectivity index (χ4n) is 1.13. The van der Waals surface area contributed by atoms with Gasteiger partial charge in [-0.05, 0) is 34.2 Å². The SMILES string of the molecule is N#CCc1cc(CN)c(I)c(C(F)F)n1. The van der Waals surface area contributed by atoms with Gasteiger partial charge >= 0.3 is 0 Å². The average molecular weight is 323 g/mol. The molecule has 80 valence electrons. The lowest BCUT2D eigenvalue weighted by atomic mass is 10.1. The Labute approximate surface area is 99.4 Å². The van der Waals surface area contributed by atoms with Crippen LogP contribution in [0.2, 0.25) is 0 Å². The smallest absolute Gasteiger partial charge is 0.281 e. The topological polar surface area (TPSA) is 62.7 Å². The third-order valence-corrected chi connectivity index (χ3v) is 3.04. The minimum atomic E-state index is -2.64. The second kappa shape index (κ2) is 5.32. The number of pyridine rings is 1. The second-order valence-electron chi connectivity index (χ2n) is 2.81. The summed E-state index contributed by atoms with van der Waals surface area (Å²) in [6.07, 6.45) is -2.62. The Balaban J connectivity index is 3.26. The van der Waals surface area contributed by atoms with Gasteiger partial charge in [0.2, 0.25) is 0 Å². The van der Waals surface area contributed by atoms with Crippen molar-refractivity contribution in [2.45, 2.75) is 19.4 Å². The third kappa shape index (κ3) is 2.82. The lowest BCUT2D eigenvalue weighted by molar-refractivity contribution is 0.144. The molecule has 6 heteroatoms. The van der Waals surface area contributed by atoms with E-state index in [-0.39, 0.29) is 18.7 Å². The maximum atomic E-state index is 12.6. The van der Waals surface area contributed by atoms with Gasteiger partial charge in [0.05, 0.1) is 18.2 Å². The first-order valence-corrected chi connectivity index (χ1v) is 5.21. The average Bonchev–Trinajstić information content (AvgIpc) is 2.20. The van der Waals surface area contributed by atoms with Crippen molar-refractivity contribution in [1.29, 1.82) is 5.26 Å². The first kappa shape index (κ1) is 12.3. The van der Waals surface area contributed by atoms with E-state index in [1.165, 1.54) is 0 Å². The molecule has 0 atom stereocenters. The van der Waals surface area contributed by atoms with E-state index in [4.69, 9.17) is 11.0 Å². The van der Waals surface area contributed by atoms with Gasteiger partial charge in [0.25, 0.3) is 6.43 Å². The lowest BCUT2D eigenvalue weighted by Crippen LogP contribution is -2.07. The van der Waals surface area contributed by atoms with Crippen molar-refractivity contribution in [3.05, 3.63) is 26.6 Å². The quantitative estimate of drug-likeness (QED) is 0.867. The molecule has 0 unspecified atom stereocenters. The van der Waals surface area contributed by atoms with Gasteiger partial charge in [-0.3, -0.25) is 0 Å². The zero-order valence-corrected chi connectivity index (χ0v) is 9.83. The fourth-order valence-corrected chi connectivity index (χ4v) is 1.86. The van der Waals surface area contributed by atoms with Crippen LogP contribution in [0.5, 0.6) is 0 Å². The van der Waals surface area contributed by atoms with Crippen molar-refractivity contribution in [3.8, 4) is 6.07 Å². The van der Waals surface area contributed by atoms with Crippen molar-refractivity contribution in [1.82, 2.24) is 4.98 Å². The number of aromatic nitrogens is 1. The fraction of sp³-hybridized carbons (Fsp3) is 0.333. The highest BCUT2D eigenvalue weighted by Crippen LogP contribution is 2.25. The van der Waals surface area contributed by atoms with Crippen molar-refractivity contribution >= 4 is 22.6 Å². The first-order valence-electron chi connectivity index (χ1n) is 4.13. The summed E-state index contributed by atoms with van der Waals surface area (Å²) in [5.41, 5.74) is 6.08. The van der Waals surface area contributed by atoms with Crippen LogP contribution in [0.15, 0.2) is 6.07 Å². The third-order valence-electron chi connectivity index (χ3n) is 1.80. The maximum absolute atomic E-state index is 12.6. The molecular formula is C9H8F2IN3. The number of nitrogens with zero attached hydrogens (tertiary/aromatic N) is 2. The molecule has 2 N–H and O–H groups in total. The Morgan fingerprint density at radius 2 is 2.27 bits per heavy atom. The minimum Gasteiger partial charge on any atom is -0.326 e. The van der Waals surface area contributed by atoms with Crippen LogP contribution in [0.1, 0.15) is 23.4 Å². The van der Waals surface area contributed by atoms with E-state index >= 15 is 0 Å². The van der Waals surface area contributed by atoms with Gasteiger partial charge in [-0.2, -0.15) is 5.26 Å². The van der Waals surface area contributed by atoms with Crippen LogP contribution >= 0.6 is 22.6 Å². The van der Waals surface area contributed by atoms with E-state index in [1.807, 2.05) is 6.07 Å². The molecule has 0 saturated heterocycles. The molecule has 0 aromatic carbocycles. The summed E-state index contributed by atoms with van der Waals surface area (Å²) in [5, 5.41) is 8.47. The molecule has 0 spiro atoms. The molecule has 0 saturated carbocycles. The Kier molecular flexibility index (Phi) is 4.35. The molecule has 0 aliphatic rings. The zero-order valence-electron chi connectivity index (χ0n) is 7.67. The standard InChI is InChI=1S/C9H8F2IN3/c10-9(11)8-7(12)5(4-14)3-6(15-8)1-2-13/h3,9H,1,4,14H2. The molecule has 15 heavy (non-hydrogen) atoms. The van der Waals surface area contributed by atoms with Gasteiger partial charge in [-0.1, -0.05) is 0 Å². The summed E-state index contributed by atoms with van der Waals surface area (Å²) in [7, 11) is 0. The molecule has 0 aliphatic carbocycles. The molecule has 0 amide bonds. The van der Waals surface area contributed by atoms with Crippen LogP contribution in [0.25, 0.3) is 0 Å². The van der Waals surface area contributed by atoms with Gasteiger partial charge < -0.3 is 5.73 Å². The van der Waals surface area contributed by atoms with E-state index in [2.05, 4.69) is 4.98 Å². The molecule has 0 fully saturated rings. The summed E-state index contributed by atoms with van der Waals surface area (Å²) >= 11 is 1.80. The van der Waals surface area contributed by atoms with Crippen molar-refractivity contribution in [2.75, 3.05) is 0 Å². The monoisotopic (exact) mass is 323 g/mol. The van der Waals surface area contributed by atoms with Crippen molar-refractivity contribution < 1.29 is 8.78 Å². The first-order chi connectivity index (χ1) is 7.10. The number of hydrogen-bond donors (Lipinski definition) is 1. The highest BCUT2D eigenvalue weighted by atomic mass is 127. The summed E-state index contributed by atoms with van der Waals surface area (Å²) in [6.45, 7) is 0.166. The van der Waals surface area contributed by atoms with Gasteiger partial charge in [0.15, 0.2) is 0 Å². The van der Waals surface area contributed by atoms with Crippen LogP contribution in [0.4, 0.5) is 8.78 Å². The van der Waals surface area contributed by atoms with Crippen LogP contribution in [0, 0.1) is 14.9 Å². The molecule has 1 heterocycles. The van der Waals surface area contributed by atoms with Crippen molar-refractivity contribution in [3.63, 3.8) is 0 Å². The predicted molar refractivity (Wildman–Crippen MR) is 59.1 cm³/mol. The van der Waals surface area contributed by atoms with Crippen LogP contribution in [-0.4, -0.2) is 4.98 Å². The van der Waals surface area contributed by atoms with Crippen LogP contribution in [-0.2, 0) is 13.0 Å². The minimum absolute atomic E-state index is 0.0175. The van der Waals surface area contributed by atoms with Gasteiger partial charge in [-0.25, -0.2) is 13.8 Å². The largest absolute Gasteiger partial charge is 0.326 e. The summed E-state index contributed by atoms with van der Waals surface area (Å²) in [4.78, 5) is 3.73. The number of alkyl halides is 2. The molecule has 1 aromatic heterocycles. The second-order valence-corrected chi connectivity index (χ2v) is 3.89. The predicted octanol–water partition coefficient (Wildman–Crippen LogP) is 2.15. The summed E-state index contributed by atoms with van der Waals surface area (Å²) in [6, 6.07) is 3.46. The van der Waals surface area contributed by atoms with Crippen LogP contribution < -0.4 is 5.73 Å². The van der Waals surface area contributed by atoms with E-state index in [0.717, 1.165) is 0 Å². The van der Waals surface area contributed by atoms with Gasteiger partial charge in [-0.15, -0.1) is 0 Å². The molecule has 3 nitrogen and oxygen atoms in total. The van der Waals surface area contributed by atoms with E-state index < -0.39 is 6.43 Å². The van der Waals surface area contributed by atoms with Gasteiger partial charge in [0, 0.05) is 10.1 Å². The number of hydrogen-bond acceptors (Lipinski definition) is 3. The lowest BCUT2D eigenvalue weighted by Gasteiger charge is -2.09. The summed E-state index contributed by atoms with van der Waals surface area (Å²) in [5.74, 6) is 0. The molecule has 1 aromatic rings. The molecular weight excluding hydrogens is 315 g/mol. The molecule has 1 rings (SSSR count). The van der Waals surface area contributed by atoms with E-state index in [9.17, 15) is 8.78 Å². The summed E-state index contributed by atoms with van der Waals surface area (Å²) < 4.78 is 25.5. The maximum Gasteiger partial charge on any atom is 0.281 e. The number of nitrogens with two attached hydrogens (primary N) is 1.